The summed E-state index contributed by atoms with van der Waals surface area (Å²) >= 11 is 0. The molecule has 0 radical (unpaired) electrons. The summed E-state index contributed by atoms with van der Waals surface area (Å²) in [6.45, 7) is 4.78. The molecule has 2 aromatic rings. The van der Waals surface area contributed by atoms with E-state index in [0.717, 1.165) is 10.2 Å². The van der Waals surface area contributed by atoms with E-state index in [4.69, 9.17) is 0 Å². The summed E-state index contributed by atoms with van der Waals surface area (Å²) in [5, 5.41) is 7.30. The van der Waals surface area contributed by atoms with Gasteiger partial charge in [0, 0.05) is 34.7 Å². The van der Waals surface area contributed by atoms with Gasteiger partial charge in [-0.3, -0.25) is 24.6 Å². The van der Waals surface area contributed by atoms with Crippen LogP contribution in [0.2, 0.25) is 0 Å². The second-order valence-electron chi connectivity index (χ2n) is 3.57. The minimum atomic E-state index is -0.213. The van der Waals surface area contributed by atoms with Gasteiger partial charge in [0.15, 0.2) is 0 Å². The first-order valence-corrected chi connectivity index (χ1v) is 4.93. The number of hydrogen-bond donors (Lipinski definition) is 3. The Labute approximate surface area is 101 Å². The van der Waals surface area contributed by atoms with Gasteiger partial charge in [-0.05, 0) is 13.8 Å². The number of nitrogens with zero attached hydrogens (tertiary/aromatic N) is 1. The van der Waals surface area contributed by atoms with Gasteiger partial charge in [0.05, 0.1) is 0 Å². The predicted molar refractivity (Wildman–Crippen MR) is 68.6 cm³/mol. The fraction of sp³-hybridized carbons (Fsp3) is 0.300. The topological polar surface area (TPSA) is 104 Å². The summed E-state index contributed by atoms with van der Waals surface area (Å²) in [4.78, 5) is 31.7. The highest BCUT2D eigenvalue weighted by Crippen LogP contribution is 1.85. The Morgan fingerprint density at radius 3 is 2.06 bits per heavy atom. The predicted octanol–water partition coefficient (Wildman–Crippen LogP) is 0.894. The lowest BCUT2D eigenvalue weighted by Crippen LogP contribution is -2.10. The van der Waals surface area contributed by atoms with Crippen LogP contribution in [0, 0.1) is 13.8 Å². The van der Waals surface area contributed by atoms with E-state index in [1.165, 1.54) is 13.1 Å². The van der Waals surface area contributed by atoms with Gasteiger partial charge in [0.25, 0.3) is 11.1 Å². The molecule has 0 bridgehead atoms. The van der Waals surface area contributed by atoms with E-state index in [-0.39, 0.29) is 21.3 Å². The van der Waals surface area contributed by atoms with Gasteiger partial charge in [0.2, 0.25) is 5.91 Å². The molecular formula is C10H20N4O3. The van der Waals surface area contributed by atoms with Crippen LogP contribution in [0.3, 0.4) is 0 Å². The standard InChI is InChI=1S/C6H8N2O2.C4H6N2O.3H2/c1-4-3-8(5(2)9)7-6(4)10;1-3-2-5-6-4(3)7;;;/h3H,1-2H3,(H,7,10);2H,1H3,(H2,5,6,7);3*1H. The number of aromatic amines is 3. The van der Waals surface area contributed by atoms with Crippen molar-refractivity contribution < 1.29 is 9.07 Å². The van der Waals surface area contributed by atoms with Gasteiger partial charge in [-0.2, -0.15) is 0 Å². The molecule has 0 spiro atoms. The van der Waals surface area contributed by atoms with E-state index in [1.807, 2.05) is 0 Å². The highest BCUT2D eigenvalue weighted by atomic mass is 16.2. The lowest BCUT2D eigenvalue weighted by atomic mass is 10.4. The van der Waals surface area contributed by atoms with Crippen molar-refractivity contribution in [1.82, 2.24) is 20.0 Å². The first kappa shape index (κ1) is 12.8. The van der Waals surface area contributed by atoms with Crippen molar-refractivity contribution >= 4 is 5.91 Å². The van der Waals surface area contributed by atoms with E-state index >= 15 is 0 Å². The summed E-state index contributed by atoms with van der Waals surface area (Å²) in [6, 6.07) is 0. The maximum atomic E-state index is 10.7. The summed E-state index contributed by atoms with van der Waals surface area (Å²) in [5.74, 6) is -0.190. The first-order valence-electron chi connectivity index (χ1n) is 4.93. The summed E-state index contributed by atoms with van der Waals surface area (Å²) < 4.78 is 1.16. The maximum absolute atomic E-state index is 10.7. The van der Waals surface area contributed by atoms with Gasteiger partial charge in [-0.25, -0.2) is 4.68 Å². The highest BCUT2D eigenvalue weighted by Gasteiger charge is 1.99. The number of rotatable bonds is 0. The molecule has 0 fully saturated rings. The van der Waals surface area contributed by atoms with Gasteiger partial charge >= 0.3 is 0 Å². The van der Waals surface area contributed by atoms with Gasteiger partial charge in [0.1, 0.15) is 0 Å². The van der Waals surface area contributed by atoms with E-state index in [0.29, 0.717) is 5.56 Å². The van der Waals surface area contributed by atoms with E-state index in [9.17, 15) is 14.4 Å². The van der Waals surface area contributed by atoms with Crippen molar-refractivity contribution in [3.05, 3.63) is 44.2 Å². The van der Waals surface area contributed by atoms with E-state index in [1.54, 1.807) is 20.0 Å². The van der Waals surface area contributed by atoms with Gasteiger partial charge < -0.3 is 5.10 Å². The maximum Gasteiger partial charge on any atom is 0.267 e. The zero-order chi connectivity index (χ0) is 13.0. The molecule has 0 aromatic carbocycles. The second-order valence-corrected chi connectivity index (χ2v) is 3.57. The Bertz CT molecular complexity index is 626. The van der Waals surface area contributed by atoms with Gasteiger partial charge in [-0.1, -0.05) is 0 Å². The summed E-state index contributed by atoms with van der Waals surface area (Å²) in [6.07, 6.45) is 3.10. The molecule has 98 valence electrons. The summed E-state index contributed by atoms with van der Waals surface area (Å²) in [5.41, 5.74) is 1.02. The smallest absolute Gasteiger partial charge is 0.267 e. The molecule has 0 atom stereocenters. The van der Waals surface area contributed by atoms with E-state index < -0.39 is 0 Å². The number of aryl methyl sites for hydroxylation is 2. The number of hydrogen-bond acceptors (Lipinski definition) is 3. The van der Waals surface area contributed by atoms with Crippen LogP contribution in [0.4, 0.5) is 0 Å². The number of H-pyrrole nitrogens is 3. The third-order valence-electron chi connectivity index (χ3n) is 2.07. The SMILES string of the molecule is CC(=O)n1cc(C)c(=O)[nH]1.Cc1c[nH][nH]c1=O.[HH].[HH].[HH]. The number of nitrogens with one attached hydrogen (secondary N) is 3. The molecule has 2 rings (SSSR count). The molecule has 0 saturated heterocycles. The van der Waals surface area contributed by atoms with Crippen LogP contribution in [0.5, 0.6) is 0 Å². The molecule has 2 aromatic heterocycles. The largest absolute Gasteiger partial charge is 0.305 e. The van der Waals surface area contributed by atoms with Crippen LogP contribution in [0.1, 0.15) is 27.1 Å². The molecule has 7 heteroatoms. The minimum Gasteiger partial charge on any atom is -0.305 e. The third kappa shape index (κ3) is 3.33. The zero-order valence-electron chi connectivity index (χ0n) is 9.83. The van der Waals surface area contributed by atoms with Crippen LogP contribution >= 0.6 is 0 Å². The van der Waals surface area contributed by atoms with E-state index in [2.05, 4.69) is 15.3 Å². The van der Waals surface area contributed by atoms with Crippen molar-refractivity contribution in [2.75, 3.05) is 0 Å². The molecular weight excluding hydrogens is 224 g/mol. The molecule has 7 nitrogen and oxygen atoms in total. The van der Waals surface area contributed by atoms with Crippen molar-refractivity contribution in [1.29, 1.82) is 0 Å². The zero-order valence-corrected chi connectivity index (χ0v) is 9.83. The van der Waals surface area contributed by atoms with Crippen molar-refractivity contribution in [2.24, 2.45) is 0 Å². The average Bonchev–Trinajstić information content (AvgIpc) is 2.77. The highest BCUT2D eigenvalue weighted by molar-refractivity contribution is 5.74. The minimum absolute atomic E-state index is 0. The second kappa shape index (κ2) is 5.15. The van der Waals surface area contributed by atoms with Crippen LogP contribution in [-0.4, -0.2) is 25.9 Å². The molecule has 0 aliphatic heterocycles. The monoisotopic (exact) mass is 244 g/mol. The quantitative estimate of drug-likeness (QED) is 0.641. The lowest BCUT2D eigenvalue weighted by molar-refractivity contribution is 0.0920. The van der Waals surface area contributed by atoms with Gasteiger partial charge in [-0.15, -0.1) is 0 Å². The fourth-order valence-corrected chi connectivity index (χ4v) is 1.03. The molecule has 0 amide bonds. The van der Waals surface area contributed by atoms with Crippen molar-refractivity contribution in [2.45, 2.75) is 20.8 Å². The normalized spacial score (nSPS) is 9.59. The Balaban J connectivity index is -0.000000262. The third-order valence-corrected chi connectivity index (χ3v) is 2.07. The first-order chi connectivity index (χ1) is 7.91. The molecule has 17 heavy (non-hydrogen) atoms. The summed E-state index contributed by atoms with van der Waals surface area (Å²) in [7, 11) is 0. The van der Waals surface area contributed by atoms with Crippen LogP contribution in [0.15, 0.2) is 22.0 Å². The molecule has 0 unspecified atom stereocenters. The lowest BCUT2D eigenvalue weighted by Gasteiger charge is -1.89. The molecule has 0 aliphatic carbocycles. The molecule has 0 aliphatic rings. The Kier molecular flexibility index (Phi) is 3.86. The van der Waals surface area contributed by atoms with Crippen LogP contribution < -0.4 is 11.1 Å². The van der Waals surface area contributed by atoms with Crippen molar-refractivity contribution in [3.8, 4) is 0 Å². The number of aromatic nitrogens is 4. The Hall–Kier alpha value is -2.31. The van der Waals surface area contributed by atoms with Crippen LogP contribution in [0.25, 0.3) is 0 Å². The molecule has 3 N–H and O–H groups in total. The molecule has 2 heterocycles. The van der Waals surface area contributed by atoms with Crippen molar-refractivity contribution in [3.63, 3.8) is 0 Å². The average molecular weight is 244 g/mol. The Morgan fingerprint density at radius 2 is 1.88 bits per heavy atom. The Morgan fingerprint density at radius 1 is 1.24 bits per heavy atom. The molecule has 0 saturated carbocycles. The fourth-order valence-electron chi connectivity index (χ4n) is 1.03. The number of carbonyl (C=O) groups is 1. The number of carbonyl (C=O) groups excluding carboxylic acids is 1. The van der Waals surface area contributed by atoms with Crippen LogP contribution in [-0.2, 0) is 0 Å².